The van der Waals surface area contributed by atoms with E-state index in [0.29, 0.717) is 27.3 Å². The molecule has 214 valence electrons. The molecular weight excluding hydrogens is 558 g/mol. The summed E-state index contributed by atoms with van der Waals surface area (Å²) in [5.41, 5.74) is 4.01. The van der Waals surface area contributed by atoms with Gasteiger partial charge in [0, 0.05) is 23.7 Å². The van der Waals surface area contributed by atoms with E-state index in [1.165, 1.54) is 28.0 Å². The van der Waals surface area contributed by atoms with Crippen molar-refractivity contribution in [3.05, 3.63) is 69.5 Å². The Morgan fingerprint density at radius 2 is 2.02 bits per heavy atom. The fourth-order valence-electron chi connectivity index (χ4n) is 5.11. The minimum absolute atomic E-state index is 0.0110. The summed E-state index contributed by atoms with van der Waals surface area (Å²) < 4.78 is 7.04. The second-order valence-corrected chi connectivity index (χ2v) is 12.1. The quantitative estimate of drug-likeness (QED) is 0.270. The molecule has 5 rings (SSSR count). The van der Waals surface area contributed by atoms with Gasteiger partial charge in [-0.25, -0.2) is 9.79 Å². The Labute approximate surface area is 247 Å². The van der Waals surface area contributed by atoms with E-state index < -0.39 is 5.97 Å². The van der Waals surface area contributed by atoms with E-state index in [9.17, 15) is 14.4 Å². The molecule has 41 heavy (non-hydrogen) atoms. The standard InChI is InChI=1S/C30H33N5O4S2/c1-5-19-12-13-22-24(14-19)41-27(26(22)29(38)39-6-2)32-25(36)17-40-30-31-23(15-20-16-34(4)33-18(20)3)28(37)35(30)21-10-8-7-9-11-21/h7-11,15-16,19H,5-6,12-14,17H2,1-4H3,(H,32,36)/b23-15+/t19-/m1/s1. The minimum Gasteiger partial charge on any atom is -0.462 e. The fraction of sp³-hybridized carbons (Fsp3) is 0.367. The van der Waals surface area contributed by atoms with Gasteiger partial charge in [0.25, 0.3) is 5.91 Å². The van der Waals surface area contributed by atoms with E-state index in [-0.39, 0.29) is 29.9 Å². The van der Waals surface area contributed by atoms with Gasteiger partial charge in [-0.3, -0.25) is 19.2 Å². The number of nitrogens with zero attached hydrogens (tertiary/aromatic N) is 4. The monoisotopic (exact) mass is 591 g/mol. The van der Waals surface area contributed by atoms with Crippen molar-refractivity contribution in [3.8, 4) is 0 Å². The zero-order valence-corrected chi connectivity index (χ0v) is 25.2. The summed E-state index contributed by atoms with van der Waals surface area (Å²) in [4.78, 5) is 46.9. The van der Waals surface area contributed by atoms with Crippen molar-refractivity contribution in [2.45, 2.75) is 46.5 Å². The van der Waals surface area contributed by atoms with Crippen LogP contribution in [-0.2, 0) is 34.2 Å². The van der Waals surface area contributed by atoms with E-state index in [1.807, 2.05) is 50.5 Å². The lowest BCUT2D eigenvalue weighted by Crippen LogP contribution is -2.31. The molecule has 11 heteroatoms. The highest BCUT2D eigenvalue weighted by Gasteiger charge is 2.33. The molecule has 0 spiro atoms. The van der Waals surface area contributed by atoms with Crippen LogP contribution in [0.25, 0.3) is 6.08 Å². The van der Waals surface area contributed by atoms with Gasteiger partial charge in [-0.2, -0.15) is 5.10 Å². The number of hydrogen-bond donors (Lipinski definition) is 1. The third-order valence-corrected chi connectivity index (χ3v) is 9.31. The van der Waals surface area contributed by atoms with Crippen LogP contribution in [0.15, 0.2) is 47.2 Å². The number of esters is 1. The molecule has 0 saturated heterocycles. The molecule has 2 amide bonds. The molecule has 9 nitrogen and oxygen atoms in total. The number of nitrogens with one attached hydrogen (secondary N) is 1. The summed E-state index contributed by atoms with van der Waals surface area (Å²) >= 11 is 2.65. The van der Waals surface area contributed by atoms with Gasteiger partial charge < -0.3 is 10.1 Å². The number of aromatic nitrogens is 2. The van der Waals surface area contributed by atoms with Gasteiger partial charge in [0.1, 0.15) is 10.7 Å². The summed E-state index contributed by atoms with van der Waals surface area (Å²) in [7, 11) is 1.82. The minimum atomic E-state index is -0.399. The molecule has 0 fully saturated rings. The molecule has 0 saturated carbocycles. The number of anilines is 2. The van der Waals surface area contributed by atoms with Crippen LogP contribution in [0.1, 0.15) is 58.7 Å². The lowest BCUT2D eigenvalue weighted by atomic mass is 9.85. The Balaban J connectivity index is 1.37. The predicted molar refractivity (Wildman–Crippen MR) is 164 cm³/mol. The Hall–Kier alpha value is -3.70. The van der Waals surface area contributed by atoms with Crippen LogP contribution in [0.5, 0.6) is 0 Å². The van der Waals surface area contributed by atoms with Gasteiger partial charge in [-0.15, -0.1) is 11.3 Å². The lowest BCUT2D eigenvalue weighted by Gasteiger charge is -2.20. The Morgan fingerprint density at radius 1 is 1.24 bits per heavy atom. The lowest BCUT2D eigenvalue weighted by molar-refractivity contribution is -0.114. The van der Waals surface area contributed by atoms with E-state index in [4.69, 9.17) is 4.74 Å². The van der Waals surface area contributed by atoms with E-state index in [0.717, 1.165) is 47.4 Å². The van der Waals surface area contributed by atoms with Crippen molar-refractivity contribution in [3.63, 3.8) is 0 Å². The number of amides is 2. The normalized spacial score (nSPS) is 17.5. The number of hydrogen-bond acceptors (Lipinski definition) is 8. The second-order valence-electron chi connectivity index (χ2n) is 10.0. The molecule has 1 N–H and O–H groups in total. The SMILES string of the molecule is CCOC(=O)c1c(NC(=O)CSC2=N/C(=C/c3cn(C)nc3C)C(=O)N2c2ccccc2)sc2c1CC[C@@H](CC)C2. The zero-order chi connectivity index (χ0) is 29.1. The average Bonchev–Trinajstić information content (AvgIpc) is 3.58. The second kappa shape index (κ2) is 12.4. The maximum Gasteiger partial charge on any atom is 0.341 e. The first-order chi connectivity index (χ1) is 19.8. The summed E-state index contributed by atoms with van der Waals surface area (Å²) in [5.74, 6) is -0.366. The van der Waals surface area contributed by atoms with Crippen LogP contribution < -0.4 is 10.2 Å². The van der Waals surface area contributed by atoms with Crippen LogP contribution in [0.3, 0.4) is 0 Å². The van der Waals surface area contributed by atoms with Crippen LogP contribution in [0, 0.1) is 12.8 Å². The number of para-hydroxylation sites is 1. The van der Waals surface area contributed by atoms with Gasteiger partial charge >= 0.3 is 5.97 Å². The number of thiophene rings is 1. The van der Waals surface area contributed by atoms with Crippen molar-refractivity contribution in [2.24, 2.45) is 18.0 Å². The number of aliphatic imine (C=N–C) groups is 1. The Bertz CT molecular complexity index is 1540. The molecule has 0 radical (unpaired) electrons. The number of benzene rings is 1. The first-order valence-corrected chi connectivity index (χ1v) is 15.5. The highest BCUT2D eigenvalue weighted by atomic mass is 32.2. The van der Waals surface area contributed by atoms with Gasteiger partial charge in [0.15, 0.2) is 5.17 Å². The average molecular weight is 592 g/mol. The highest BCUT2D eigenvalue weighted by Crippen LogP contribution is 2.41. The van der Waals surface area contributed by atoms with E-state index in [1.54, 1.807) is 17.7 Å². The molecule has 1 atom stereocenters. The maximum atomic E-state index is 13.5. The van der Waals surface area contributed by atoms with Crippen LogP contribution in [0.4, 0.5) is 10.7 Å². The number of thioether (sulfide) groups is 1. The number of fused-ring (bicyclic) bond motifs is 1. The third-order valence-electron chi connectivity index (χ3n) is 7.20. The molecule has 3 aromatic rings. The topological polar surface area (TPSA) is 106 Å². The summed E-state index contributed by atoms with van der Waals surface area (Å²) in [6.45, 7) is 6.10. The van der Waals surface area contributed by atoms with Gasteiger partial charge in [0.05, 0.1) is 29.3 Å². The zero-order valence-electron chi connectivity index (χ0n) is 23.6. The number of carbonyl (C=O) groups excluding carboxylic acids is 3. The molecule has 1 aromatic carbocycles. The van der Waals surface area contributed by atoms with Gasteiger partial charge in [-0.05, 0) is 62.8 Å². The Morgan fingerprint density at radius 3 is 2.71 bits per heavy atom. The van der Waals surface area contributed by atoms with E-state index >= 15 is 0 Å². The Kier molecular flexibility index (Phi) is 8.74. The molecule has 0 bridgehead atoms. The third kappa shape index (κ3) is 6.15. The van der Waals surface area contributed by atoms with E-state index in [2.05, 4.69) is 22.3 Å². The largest absolute Gasteiger partial charge is 0.462 e. The van der Waals surface area contributed by atoms with Crippen LogP contribution in [0.2, 0.25) is 0 Å². The molecule has 1 aliphatic heterocycles. The van der Waals surface area contributed by atoms with Crippen molar-refractivity contribution in [1.29, 1.82) is 0 Å². The van der Waals surface area contributed by atoms with Crippen molar-refractivity contribution < 1.29 is 19.1 Å². The number of amidine groups is 1. The predicted octanol–water partition coefficient (Wildman–Crippen LogP) is 5.60. The highest BCUT2D eigenvalue weighted by molar-refractivity contribution is 8.14. The number of carbonyl (C=O) groups is 3. The molecule has 2 aromatic heterocycles. The summed E-state index contributed by atoms with van der Waals surface area (Å²) in [6, 6.07) is 9.24. The van der Waals surface area contributed by atoms with Crippen LogP contribution >= 0.6 is 23.1 Å². The van der Waals surface area contributed by atoms with Gasteiger partial charge in [-0.1, -0.05) is 43.3 Å². The number of rotatable bonds is 8. The first-order valence-electron chi connectivity index (χ1n) is 13.7. The molecule has 0 unspecified atom stereocenters. The van der Waals surface area contributed by atoms with Crippen LogP contribution in [-0.4, -0.2) is 45.1 Å². The molecule has 1 aliphatic carbocycles. The summed E-state index contributed by atoms with van der Waals surface area (Å²) in [5, 5.41) is 8.25. The number of ether oxygens (including phenoxy) is 1. The first kappa shape index (κ1) is 28.8. The van der Waals surface area contributed by atoms with Crippen molar-refractivity contribution in [2.75, 3.05) is 22.6 Å². The molecule has 3 heterocycles. The maximum absolute atomic E-state index is 13.5. The smallest absolute Gasteiger partial charge is 0.341 e. The molecular formula is C30H33N5O4S2. The fourth-order valence-corrected chi connectivity index (χ4v) is 7.29. The molecule has 2 aliphatic rings. The summed E-state index contributed by atoms with van der Waals surface area (Å²) in [6.07, 6.45) is 7.37. The van der Waals surface area contributed by atoms with Crippen molar-refractivity contribution >= 4 is 62.8 Å². The van der Waals surface area contributed by atoms with Gasteiger partial charge in [0.2, 0.25) is 5.91 Å². The van der Waals surface area contributed by atoms with Crippen molar-refractivity contribution in [1.82, 2.24) is 9.78 Å². The number of aryl methyl sites for hydroxylation is 2.